The molecule has 1 N–H and O–H groups in total. The highest BCUT2D eigenvalue weighted by molar-refractivity contribution is 5.25. The number of nitrogens with one attached hydrogen (secondary N) is 1. The summed E-state index contributed by atoms with van der Waals surface area (Å²) in [6.45, 7) is 7.39. The predicted molar refractivity (Wildman–Crippen MR) is 69.4 cm³/mol. The number of rotatable bonds is 4. The van der Waals surface area contributed by atoms with Gasteiger partial charge in [0, 0.05) is 19.1 Å². The maximum absolute atomic E-state index is 5.71. The Kier molecular flexibility index (Phi) is 3.01. The van der Waals surface area contributed by atoms with Gasteiger partial charge in [-0.3, -0.25) is 0 Å². The van der Waals surface area contributed by atoms with E-state index in [0.29, 0.717) is 29.9 Å². The maximum atomic E-state index is 5.71. The van der Waals surface area contributed by atoms with Gasteiger partial charge in [0.1, 0.15) is 0 Å². The molecular weight excluding hydrogens is 228 g/mol. The highest BCUT2D eigenvalue weighted by Gasteiger charge is 2.28. The molecule has 2 fully saturated rings. The number of aromatic nitrogens is 2. The molecule has 18 heavy (non-hydrogen) atoms. The summed E-state index contributed by atoms with van der Waals surface area (Å²) < 4.78 is 5.71. The molecule has 5 heteroatoms. The molecule has 0 radical (unpaired) electrons. The Morgan fingerprint density at radius 2 is 2.00 bits per heavy atom. The van der Waals surface area contributed by atoms with Crippen molar-refractivity contribution in [1.82, 2.24) is 15.5 Å². The van der Waals surface area contributed by atoms with Gasteiger partial charge < -0.3 is 14.6 Å². The first-order valence-electron chi connectivity index (χ1n) is 6.93. The van der Waals surface area contributed by atoms with Crippen molar-refractivity contribution >= 4 is 6.01 Å². The van der Waals surface area contributed by atoms with Gasteiger partial charge in [0.05, 0.1) is 6.54 Å². The number of piperidine rings is 1. The second-order valence-electron chi connectivity index (χ2n) is 6.28. The molecule has 0 atom stereocenters. The lowest BCUT2D eigenvalue weighted by Crippen LogP contribution is -2.37. The first-order valence-corrected chi connectivity index (χ1v) is 6.93. The zero-order valence-corrected chi connectivity index (χ0v) is 11.3. The van der Waals surface area contributed by atoms with Gasteiger partial charge in [-0.1, -0.05) is 18.9 Å². The van der Waals surface area contributed by atoms with Gasteiger partial charge in [0.15, 0.2) is 0 Å². The monoisotopic (exact) mass is 250 g/mol. The Morgan fingerprint density at radius 1 is 1.28 bits per heavy atom. The number of hydrogen-bond donors (Lipinski definition) is 1. The Bertz CT molecular complexity index is 401. The van der Waals surface area contributed by atoms with Crippen molar-refractivity contribution in [2.75, 3.05) is 18.0 Å². The molecule has 0 unspecified atom stereocenters. The average molecular weight is 250 g/mol. The standard InChI is InChI=1S/C13H22N4O/c1-13(2)5-7-17(8-6-13)12-16-15-11(18-12)9-14-10-3-4-10/h10,14H,3-9H2,1-2H3. The summed E-state index contributed by atoms with van der Waals surface area (Å²) in [5.74, 6) is 0.710. The fourth-order valence-electron chi connectivity index (χ4n) is 2.27. The van der Waals surface area contributed by atoms with Gasteiger partial charge in [0.2, 0.25) is 5.89 Å². The third kappa shape index (κ3) is 2.83. The highest BCUT2D eigenvalue weighted by atomic mass is 16.4. The summed E-state index contributed by atoms with van der Waals surface area (Å²) in [6.07, 6.45) is 4.93. The molecule has 0 bridgehead atoms. The minimum atomic E-state index is 0.451. The minimum absolute atomic E-state index is 0.451. The van der Waals surface area contributed by atoms with Crippen molar-refractivity contribution < 1.29 is 4.42 Å². The molecule has 1 aromatic rings. The normalized spacial score (nSPS) is 23.3. The van der Waals surface area contributed by atoms with Crippen LogP contribution in [-0.2, 0) is 6.54 Å². The lowest BCUT2D eigenvalue weighted by atomic mass is 9.83. The summed E-state index contributed by atoms with van der Waals surface area (Å²) in [4.78, 5) is 2.21. The third-order valence-electron chi connectivity index (χ3n) is 3.96. The first kappa shape index (κ1) is 12.0. The van der Waals surface area contributed by atoms with Crippen LogP contribution in [0.2, 0.25) is 0 Å². The fourth-order valence-corrected chi connectivity index (χ4v) is 2.27. The van der Waals surface area contributed by atoms with Crippen LogP contribution in [0, 0.1) is 5.41 Å². The van der Waals surface area contributed by atoms with E-state index >= 15 is 0 Å². The van der Waals surface area contributed by atoms with Crippen molar-refractivity contribution in [2.45, 2.75) is 52.1 Å². The SMILES string of the molecule is CC1(C)CCN(c2nnc(CNC3CC3)o2)CC1. The van der Waals surface area contributed by atoms with Crippen molar-refractivity contribution in [1.29, 1.82) is 0 Å². The van der Waals surface area contributed by atoms with E-state index in [4.69, 9.17) is 4.42 Å². The van der Waals surface area contributed by atoms with Crippen LogP contribution in [0.25, 0.3) is 0 Å². The van der Waals surface area contributed by atoms with Crippen LogP contribution in [0.5, 0.6) is 0 Å². The van der Waals surface area contributed by atoms with Crippen molar-refractivity contribution in [3.8, 4) is 0 Å². The van der Waals surface area contributed by atoms with Crippen LogP contribution >= 0.6 is 0 Å². The molecule has 1 aliphatic carbocycles. The Balaban J connectivity index is 1.55. The number of hydrogen-bond acceptors (Lipinski definition) is 5. The molecule has 5 nitrogen and oxygen atoms in total. The van der Waals surface area contributed by atoms with E-state index in [2.05, 4.69) is 34.3 Å². The minimum Gasteiger partial charge on any atom is -0.407 e. The van der Waals surface area contributed by atoms with Gasteiger partial charge in [-0.2, -0.15) is 0 Å². The Labute approximate surface area is 108 Å². The van der Waals surface area contributed by atoms with Gasteiger partial charge in [-0.15, -0.1) is 5.10 Å². The zero-order valence-electron chi connectivity index (χ0n) is 11.3. The van der Waals surface area contributed by atoms with Gasteiger partial charge in [-0.25, -0.2) is 0 Å². The lowest BCUT2D eigenvalue weighted by Gasteiger charge is -2.35. The van der Waals surface area contributed by atoms with Crippen molar-refractivity contribution in [3.05, 3.63) is 5.89 Å². The highest BCUT2D eigenvalue weighted by Crippen LogP contribution is 2.31. The Morgan fingerprint density at radius 3 is 2.67 bits per heavy atom. The van der Waals surface area contributed by atoms with E-state index in [1.807, 2.05) is 0 Å². The molecule has 0 amide bonds. The second-order valence-corrected chi connectivity index (χ2v) is 6.28. The topological polar surface area (TPSA) is 54.2 Å². The van der Waals surface area contributed by atoms with Crippen LogP contribution in [0.15, 0.2) is 4.42 Å². The van der Waals surface area contributed by atoms with E-state index in [0.717, 1.165) is 13.1 Å². The van der Waals surface area contributed by atoms with Crippen LogP contribution in [0.3, 0.4) is 0 Å². The molecule has 1 saturated carbocycles. The van der Waals surface area contributed by atoms with Crippen LogP contribution in [0.1, 0.15) is 45.4 Å². The molecule has 2 aliphatic rings. The summed E-state index contributed by atoms with van der Waals surface area (Å²) in [5.41, 5.74) is 0.451. The van der Waals surface area contributed by atoms with E-state index in [1.54, 1.807) is 0 Å². The summed E-state index contributed by atoms with van der Waals surface area (Å²) in [6, 6.07) is 1.37. The van der Waals surface area contributed by atoms with Gasteiger partial charge >= 0.3 is 6.01 Å². The first-order chi connectivity index (χ1) is 8.62. The predicted octanol–water partition coefficient (Wildman–Crippen LogP) is 1.95. The van der Waals surface area contributed by atoms with E-state index in [9.17, 15) is 0 Å². The third-order valence-corrected chi connectivity index (χ3v) is 3.96. The van der Waals surface area contributed by atoms with Crippen LogP contribution in [-0.4, -0.2) is 29.3 Å². The molecule has 100 valence electrons. The second kappa shape index (κ2) is 4.53. The van der Waals surface area contributed by atoms with Crippen LogP contribution in [0.4, 0.5) is 6.01 Å². The largest absolute Gasteiger partial charge is 0.407 e. The fraction of sp³-hybridized carbons (Fsp3) is 0.846. The molecule has 1 saturated heterocycles. The molecule has 0 aromatic carbocycles. The van der Waals surface area contributed by atoms with Crippen molar-refractivity contribution in [2.24, 2.45) is 5.41 Å². The quantitative estimate of drug-likeness (QED) is 0.885. The molecule has 2 heterocycles. The molecular formula is C13H22N4O. The molecule has 1 aromatic heterocycles. The molecule has 1 aliphatic heterocycles. The maximum Gasteiger partial charge on any atom is 0.318 e. The molecule has 3 rings (SSSR count). The summed E-state index contributed by atoms with van der Waals surface area (Å²) >= 11 is 0. The van der Waals surface area contributed by atoms with Gasteiger partial charge in [0.25, 0.3) is 0 Å². The summed E-state index contributed by atoms with van der Waals surface area (Å²) in [5, 5.41) is 11.6. The molecule has 0 spiro atoms. The van der Waals surface area contributed by atoms with Crippen molar-refractivity contribution in [3.63, 3.8) is 0 Å². The van der Waals surface area contributed by atoms with Gasteiger partial charge in [-0.05, 0) is 31.1 Å². The van der Waals surface area contributed by atoms with E-state index in [1.165, 1.54) is 25.7 Å². The number of nitrogens with zero attached hydrogens (tertiary/aromatic N) is 3. The number of anilines is 1. The average Bonchev–Trinajstić information content (AvgIpc) is 3.05. The zero-order chi connectivity index (χ0) is 12.6. The summed E-state index contributed by atoms with van der Waals surface area (Å²) in [7, 11) is 0. The van der Waals surface area contributed by atoms with E-state index in [-0.39, 0.29) is 0 Å². The van der Waals surface area contributed by atoms with E-state index < -0.39 is 0 Å². The smallest absolute Gasteiger partial charge is 0.318 e. The van der Waals surface area contributed by atoms with Crippen LogP contribution < -0.4 is 10.2 Å². The lowest BCUT2D eigenvalue weighted by molar-refractivity contribution is 0.272. The Hall–Kier alpha value is -1.10.